The quantitative estimate of drug-likeness (QED) is 0.762. The van der Waals surface area contributed by atoms with Crippen LogP contribution in [0.1, 0.15) is 5.56 Å². The number of halogens is 1. The average molecular weight is 280 g/mol. The molecule has 7 heteroatoms. The van der Waals surface area contributed by atoms with Crippen LogP contribution in [0.3, 0.4) is 0 Å². The molecule has 1 amide bonds. The molecule has 0 bridgehead atoms. The van der Waals surface area contributed by atoms with Crippen molar-refractivity contribution in [2.75, 3.05) is 13.8 Å². The highest BCUT2D eigenvalue weighted by Gasteiger charge is 2.27. The van der Waals surface area contributed by atoms with Crippen LogP contribution in [-0.2, 0) is 4.79 Å². The summed E-state index contributed by atoms with van der Waals surface area (Å²) < 4.78 is 10.5. The standard InChI is InChI=1S/C12H10ClN3O3/c1-16-8(11(17)15-12(16)14)2-6-3-9-10(4-7(6)13)19-5-18-9/h2-4H,5H2,1H3,(H2,14,15,17). The Labute approximate surface area is 114 Å². The van der Waals surface area contributed by atoms with Crippen LogP contribution < -0.4 is 14.8 Å². The fourth-order valence-corrected chi connectivity index (χ4v) is 2.09. The number of nitrogens with zero attached hydrogens (tertiary/aromatic N) is 1. The van der Waals surface area contributed by atoms with Gasteiger partial charge in [0.2, 0.25) is 12.8 Å². The Hall–Kier alpha value is -2.21. The van der Waals surface area contributed by atoms with E-state index in [1.54, 1.807) is 25.3 Å². The summed E-state index contributed by atoms with van der Waals surface area (Å²) in [5, 5.41) is 10.4. The smallest absolute Gasteiger partial charge is 0.274 e. The zero-order chi connectivity index (χ0) is 13.6. The molecule has 2 heterocycles. The minimum atomic E-state index is -0.332. The number of guanidine groups is 1. The van der Waals surface area contributed by atoms with E-state index in [-0.39, 0.29) is 18.7 Å². The lowest BCUT2D eigenvalue weighted by molar-refractivity contribution is -0.115. The predicted octanol–water partition coefficient (Wildman–Crippen LogP) is 1.41. The summed E-state index contributed by atoms with van der Waals surface area (Å²) in [6, 6.07) is 3.36. The molecule has 2 N–H and O–H groups in total. The SMILES string of the molecule is CN1C(=N)NC(=O)C1=Cc1cc2c(cc1Cl)OCO2. The van der Waals surface area contributed by atoms with E-state index in [9.17, 15) is 4.79 Å². The largest absolute Gasteiger partial charge is 0.454 e. The van der Waals surface area contributed by atoms with E-state index in [1.165, 1.54) is 4.90 Å². The van der Waals surface area contributed by atoms with Crippen molar-refractivity contribution in [2.24, 2.45) is 0 Å². The number of hydrogen-bond acceptors (Lipinski definition) is 4. The lowest BCUT2D eigenvalue weighted by Crippen LogP contribution is -2.25. The van der Waals surface area contributed by atoms with E-state index in [1.807, 2.05) is 0 Å². The molecular weight excluding hydrogens is 270 g/mol. The summed E-state index contributed by atoms with van der Waals surface area (Å²) in [7, 11) is 1.63. The molecule has 19 heavy (non-hydrogen) atoms. The summed E-state index contributed by atoms with van der Waals surface area (Å²) >= 11 is 6.13. The van der Waals surface area contributed by atoms with Gasteiger partial charge in [0.25, 0.3) is 5.91 Å². The van der Waals surface area contributed by atoms with Crippen molar-refractivity contribution >= 4 is 29.5 Å². The maximum Gasteiger partial charge on any atom is 0.274 e. The molecule has 0 atom stereocenters. The molecule has 1 aromatic rings. The number of nitrogens with one attached hydrogen (secondary N) is 2. The van der Waals surface area contributed by atoms with Crippen LogP contribution in [-0.4, -0.2) is 30.6 Å². The van der Waals surface area contributed by atoms with Crippen LogP contribution in [0.4, 0.5) is 0 Å². The van der Waals surface area contributed by atoms with Gasteiger partial charge in [-0.25, -0.2) is 0 Å². The van der Waals surface area contributed by atoms with Gasteiger partial charge in [0.1, 0.15) is 5.70 Å². The van der Waals surface area contributed by atoms with Crippen LogP contribution in [0.25, 0.3) is 6.08 Å². The molecule has 6 nitrogen and oxygen atoms in total. The van der Waals surface area contributed by atoms with Gasteiger partial charge < -0.3 is 14.4 Å². The van der Waals surface area contributed by atoms with Gasteiger partial charge in [0.05, 0.1) is 5.02 Å². The molecule has 2 aliphatic heterocycles. The van der Waals surface area contributed by atoms with Gasteiger partial charge in [-0.15, -0.1) is 0 Å². The van der Waals surface area contributed by atoms with Crippen LogP contribution in [0.2, 0.25) is 5.02 Å². The first-order valence-corrected chi connectivity index (χ1v) is 5.88. The molecular formula is C12H10ClN3O3. The maximum absolute atomic E-state index is 11.7. The lowest BCUT2D eigenvalue weighted by atomic mass is 10.1. The van der Waals surface area contributed by atoms with Crippen molar-refractivity contribution in [3.05, 3.63) is 28.4 Å². The summed E-state index contributed by atoms with van der Waals surface area (Å²) in [6.45, 7) is 0.163. The third kappa shape index (κ3) is 1.90. The minimum Gasteiger partial charge on any atom is -0.454 e. The number of carbonyl (C=O) groups is 1. The molecule has 1 fully saturated rings. The Morgan fingerprint density at radius 2 is 2.11 bits per heavy atom. The maximum atomic E-state index is 11.7. The first-order valence-electron chi connectivity index (χ1n) is 5.51. The molecule has 98 valence electrons. The van der Waals surface area contributed by atoms with Crippen molar-refractivity contribution in [1.29, 1.82) is 5.41 Å². The van der Waals surface area contributed by atoms with Crippen molar-refractivity contribution in [3.63, 3.8) is 0 Å². The summed E-state index contributed by atoms with van der Waals surface area (Å²) in [4.78, 5) is 13.1. The molecule has 0 radical (unpaired) electrons. The third-order valence-electron chi connectivity index (χ3n) is 2.95. The molecule has 1 saturated heterocycles. The zero-order valence-corrected chi connectivity index (χ0v) is 10.7. The first-order chi connectivity index (χ1) is 9.06. The van der Waals surface area contributed by atoms with E-state index in [0.717, 1.165) is 0 Å². The fraction of sp³-hybridized carbons (Fsp3) is 0.167. The number of benzene rings is 1. The second-order valence-electron chi connectivity index (χ2n) is 4.12. The number of likely N-dealkylation sites (N-methyl/N-ethyl adjacent to an activating group) is 1. The Morgan fingerprint density at radius 1 is 1.42 bits per heavy atom. The van der Waals surface area contributed by atoms with Crippen molar-refractivity contribution in [1.82, 2.24) is 10.2 Å². The summed E-state index contributed by atoms with van der Waals surface area (Å²) in [5.74, 6) is 0.880. The number of amides is 1. The average Bonchev–Trinajstić information content (AvgIpc) is 2.89. The predicted molar refractivity (Wildman–Crippen MR) is 69.2 cm³/mol. The minimum absolute atomic E-state index is 0.0353. The number of hydrogen-bond donors (Lipinski definition) is 2. The van der Waals surface area contributed by atoms with E-state index in [4.69, 9.17) is 26.5 Å². The topological polar surface area (TPSA) is 74.7 Å². The Kier molecular flexibility index (Phi) is 2.60. The highest BCUT2D eigenvalue weighted by molar-refractivity contribution is 6.32. The van der Waals surface area contributed by atoms with Crippen LogP contribution >= 0.6 is 11.6 Å². The molecule has 0 unspecified atom stereocenters. The normalized spacial score (nSPS) is 19.3. The number of fused-ring (bicyclic) bond motifs is 1. The van der Waals surface area contributed by atoms with Crippen molar-refractivity contribution in [3.8, 4) is 11.5 Å². The molecule has 0 aromatic heterocycles. The van der Waals surface area contributed by atoms with Gasteiger partial charge in [-0.1, -0.05) is 11.6 Å². The number of ether oxygens (including phenoxy) is 2. The fourth-order valence-electron chi connectivity index (χ4n) is 1.88. The second-order valence-corrected chi connectivity index (χ2v) is 4.53. The van der Waals surface area contributed by atoms with Crippen LogP contribution in [0, 0.1) is 5.41 Å². The summed E-state index contributed by atoms with van der Waals surface area (Å²) in [5.41, 5.74) is 0.989. The van der Waals surface area contributed by atoms with Gasteiger partial charge in [0.15, 0.2) is 11.5 Å². The molecule has 3 rings (SSSR count). The van der Waals surface area contributed by atoms with Crippen molar-refractivity contribution in [2.45, 2.75) is 0 Å². The lowest BCUT2D eigenvalue weighted by Gasteiger charge is -2.09. The van der Waals surface area contributed by atoms with E-state index in [2.05, 4.69) is 5.32 Å². The Morgan fingerprint density at radius 3 is 2.74 bits per heavy atom. The molecule has 0 aliphatic carbocycles. The van der Waals surface area contributed by atoms with Crippen molar-refractivity contribution < 1.29 is 14.3 Å². The van der Waals surface area contributed by atoms with Gasteiger partial charge >= 0.3 is 0 Å². The first kappa shape index (κ1) is 11.9. The highest BCUT2D eigenvalue weighted by Crippen LogP contribution is 2.37. The Balaban J connectivity index is 2.04. The van der Waals surface area contributed by atoms with Gasteiger partial charge in [-0.05, 0) is 17.7 Å². The van der Waals surface area contributed by atoms with E-state index in [0.29, 0.717) is 27.8 Å². The van der Waals surface area contributed by atoms with Crippen LogP contribution in [0.5, 0.6) is 11.5 Å². The third-order valence-corrected chi connectivity index (χ3v) is 3.27. The number of carbonyl (C=O) groups excluding carboxylic acids is 1. The monoisotopic (exact) mass is 279 g/mol. The molecule has 0 saturated carbocycles. The van der Waals surface area contributed by atoms with E-state index < -0.39 is 0 Å². The van der Waals surface area contributed by atoms with Gasteiger partial charge in [-0.3, -0.25) is 15.5 Å². The highest BCUT2D eigenvalue weighted by atomic mass is 35.5. The van der Waals surface area contributed by atoms with Gasteiger partial charge in [-0.2, -0.15) is 0 Å². The number of rotatable bonds is 1. The zero-order valence-electron chi connectivity index (χ0n) is 9.99. The van der Waals surface area contributed by atoms with E-state index >= 15 is 0 Å². The van der Waals surface area contributed by atoms with Crippen LogP contribution in [0.15, 0.2) is 17.8 Å². The molecule has 2 aliphatic rings. The molecule has 0 spiro atoms. The van der Waals surface area contributed by atoms with Gasteiger partial charge in [0, 0.05) is 13.1 Å². The molecule has 1 aromatic carbocycles. The second kappa shape index (κ2) is 4.17. The Bertz CT molecular complexity index is 627. The summed E-state index contributed by atoms with van der Waals surface area (Å²) in [6.07, 6.45) is 1.61.